The molecule has 0 spiro atoms. The second-order valence-electron chi connectivity index (χ2n) is 6.91. The standard InChI is InChI=1S/C17H22Cl3N3O2/c1-2-4-14(24)21-16(17(18,19)20)22-8-11-7-12(10-22)13-5-3-6-15(25)23(13)9-11/h3,5-6,11-12,16H,2,4,7-10H2,1H3,(H,21,24)/t11-,12+,16?/m1/s1. The van der Waals surface area contributed by atoms with E-state index in [1.54, 1.807) is 12.1 Å². The van der Waals surface area contributed by atoms with E-state index in [2.05, 4.69) is 5.32 Å². The molecule has 25 heavy (non-hydrogen) atoms. The predicted octanol–water partition coefficient (Wildman–Crippen LogP) is 2.88. The highest BCUT2D eigenvalue weighted by molar-refractivity contribution is 6.68. The first kappa shape index (κ1) is 19.0. The Morgan fingerprint density at radius 1 is 1.32 bits per heavy atom. The molecule has 3 heterocycles. The second kappa shape index (κ2) is 7.47. The Hall–Kier alpha value is -0.750. The van der Waals surface area contributed by atoms with E-state index < -0.39 is 9.96 Å². The van der Waals surface area contributed by atoms with Gasteiger partial charge in [-0.05, 0) is 24.8 Å². The van der Waals surface area contributed by atoms with E-state index in [1.807, 2.05) is 22.5 Å². The Morgan fingerprint density at radius 2 is 2.08 bits per heavy atom. The maximum atomic E-state index is 12.1. The highest BCUT2D eigenvalue weighted by atomic mass is 35.6. The molecule has 2 aliphatic heterocycles. The third kappa shape index (κ3) is 4.16. The molecule has 1 saturated heterocycles. The first-order valence-corrected chi connectivity index (χ1v) is 9.73. The Kier molecular flexibility index (Phi) is 5.69. The van der Waals surface area contributed by atoms with Crippen molar-refractivity contribution in [3.8, 4) is 0 Å². The van der Waals surface area contributed by atoms with Crippen molar-refractivity contribution in [2.75, 3.05) is 13.1 Å². The summed E-state index contributed by atoms with van der Waals surface area (Å²) < 4.78 is 0.238. The molecule has 2 bridgehead atoms. The van der Waals surface area contributed by atoms with Crippen molar-refractivity contribution in [3.63, 3.8) is 0 Å². The van der Waals surface area contributed by atoms with E-state index in [4.69, 9.17) is 34.8 Å². The molecule has 0 aromatic carbocycles. The molecule has 1 aromatic rings. The van der Waals surface area contributed by atoms with Crippen LogP contribution in [0, 0.1) is 5.92 Å². The monoisotopic (exact) mass is 405 g/mol. The van der Waals surface area contributed by atoms with Gasteiger partial charge in [-0.1, -0.05) is 47.8 Å². The van der Waals surface area contributed by atoms with Crippen LogP contribution in [0.15, 0.2) is 23.0 Å². The summed E-state index contributed by atoms with van der Waals surface area (Å²) in [5.41, 5.74) is 1.06. The average molecular weight is 407 g/mol. The van der Waals surface area contributed by atoms with Crippen molar-refractivity contribution in [2.24, 2.45) is 5.92 Å². The van der Waals surface area contributed by atoms with E-state index >= 15 is 0 Å². The number of likely N-dealkylation sites (tertiary alicyclic amines) is 1. The van der Waals surface area contributed by atoms with Crippen LogP contribution < -0.4 is 10.9 Å². The second-order valence-corrected chi connectivity index (χ2v) is 9.28. The van der Waals surface area contributed by atoms with Gasteiger partial charge >= 0.3 is 0 Å². The molecule has 0 saturated carbocycles. The van der Waals surface area contributed by atoms with Gasteiger partial charge in [0.2, 0.25) is 9.70 Å². The molecule has 138 valence electrons. The molecule has 0 radical (unpaired) electrons. The van der Waals surface area contributed by atoms with E-state index in [-0.39, 0.29) is 17.4 Å². The van der Waals surface area contributed by atoms with Gasteiger partial charge in [0.15, 0.2) is 0 Å². The third-order valence-electron chi connectivity index (χ3n) is 4.96. The van der Waals surface area contributed by atoms with Crippen LogP contribution >= 0.6 is 34.8 Å². The Morgan fingerprint density at radius 3 is 2.76 bits per heavy atom. The fraction of sp³-hybridized carbons (Fsp3) is 0.647. The summed E-state index contributed by atoms with van der Waals surface area (Å²) in [5.74, 6) is 0.370. The minimum Gasteiger partial charge on any atom is -0.337 e. The molecule has 1 N–H and O–H groups in total. The summed E-state index contributed by atoms with van der Waals surface area (Å²) in [5, 5.41) is 2.87. The van der Waals surface area contributed by atoms with Crippen LogP contribution in [-0.4, -0.2) is 38.4 Å². The third-order valence-corrected chi connectivity index (χ3v) is 5.58. The molecule has 0 aliphatic carbocycles. The van der Waals surface area contributed by atoms with E-state index in [0.29, 0.717) is 32.0 Å². The van der Waals surface area contributed by atoms with Crippen LogP contribution in [0.2, 0.25) is 0 Å². The molecule has 8 heteroatoms. The summed E-state index contributed by atoms with van der Waals surface area (Å²) in [6, 6.07) is 5.38. The Labute approximate surface area is 162 Å². The van der Waals surface area contributed by atoms with Gasteiger partial charge in [-0.15, -0.1) is 0 Å². The van der Waals surface area contributed by atoms with Crippen LogP contribution in [0.3, 0.4) is 0 Å². The fourth-order valence-corrected chi connectivity index (χ4v) is 4.55. The quantitative estimate of drug-likeness (QED) is 0.782. The number of hydrogen-bond donors (Lipinski definition) is 1. The largest absolute Gasteiger partial charge is 0.337 e. The fourth-order valence-electron chi connectivity index (χ4n) is 3.98. The maximum Gasteiger partial charge on any atom is 0.250 e. The molecule has 1 fully saturated rings. The lowest BCUT2D eigenvalue weighted by atomic mass is 9.83. The lowest BCUT2D eigenvalue weighted by molar-refractivity contribution is -0.123. The number of nitrogens with zero attached hydrogens (tertiary/aromatic N) is 2. The number of piperidine rings is 1. The molecular weight excluding hydrogens is 385 g/mol. The van der Waals surface area contributed by atoms with Crippen LogP contribution in [0.1, 0.15) is 37.8 Å². The number of carbonyl (C=O) groups excluding carboxylic acids is 1. The van der Waals surface area contributed by atoms with Gasteiger partial charge < -0.3 is 9.88 Å². The Balaban J connectivity index is 1.84. The summed E-state index contributed by atoms with van der Waals surface area (Å²) in [6.07, 6.45) is 1.47. The van der Waals surface area contributed by atoms with E-state index in [0.717, 1.165) is 18.5 Å². The van der Waals surface area contributed by atoms with Crippen LogP contribution in [-0.2, 0) is 11.3 Å². The van der Waals surface area contributed by atoms with Gasteiger partial charge in [0.25, 0.3) is 5.56 Å². The zero-order chi connectivity index (χ0) is 18.2. The lowest BCUT2D eigenvalue weighted by Crippen LogP contribution is -2.60. The first-order chi connectivity index (χ1) is 11.8. The lowest BCUT2D eigenvalue weighted by Gasteiger charge is -2.47. The normalized spacial score (nSPS) is 24.5. The molecule has 1 amide bonds. The van der Waals surface area contributed by atoms with Crippen molar-refractivity contribution in [3.05, 3.63) is 34.2 Å². The molecule has 5 nitrogen and oxygen atoms in total. The SMILES string of the molecule is CCCC(=O)NC(N1C[C@H]2C[C@@H](C1)c1cccc(=O)n1C2)C(Cl)(Cl)Cl. The molecule has 3 rings (SSSR count). The number of hydrogen-bond acceptors (Lipinski definition) is 3. The predicted molar refractivity (Wildman–Crippen MR) is 100 cm³/mol. The number of alkyl halides is 3. The maximum absolute atomic E-state index is 12.1. The molecule has 3 atom stereocenters. The average Bonchev–Trinajstić information content (AvgIpc) is 2.53. The van der Waals surface area contributed by atoms with Crippen molar-refractivity contribution in [2.45, 2.75) is 48.6 Å². The molecule has 1 aromatic heterocycles. The number of rotatable bonds is 4. The van der Waals surface area contributed by atoms with E-state index in [1.165, 1.54) is 0 Å². The zero-order valence-corrected chi connectivity index (χ0v) is 16.3. The summed E-state index contributed by atoms with van der Waals surface area (Å²) in [6.45, 7) is 3.93. The molecule has 2 aliphatic rings. The van der Waals surface area contributed by atoms with Crippen LogP contribution in [0.4, 0.5) is 0 Å². The minimum atomic E-state index is -1.62. The van der Waals surface area contributed by atoms with Crippen LogP contribution in [0.5, 0.6) is 0 Å². The minimum absolute atomic E-state index is 0.0369. The van der Waals surface area contributed by atoms with Gasteiger partial charge in [-0.2, -0.15) is 0 Å². The van der Waals surface area contributed by atoms with Gasteiger partial charge in [0, 0.05) is 43.7 Å². The summed E-state index contributed by atoms with van der Waals surface area (Å²) in [4.78, 5) is 26.2. The van der Waals surface area contributed by atoms with Gasteiger partial charge in [-0.25, -0.2) is 0 Å². The zero-order valence-electron chi connectivity index (χ0n) is 14.1. The number of aromatic nitrogens is 1. The molecular formula is C17H22Cl3N3O2. The highest BCUT2D eigenvalue weighted by Gasteiger charge is 2.44. The van der Waals surface area contributed by atoms with Crippen molar-refractivity contribution >= 4 is 40.7 Å². The number of carbonyl (C=O) groups is 1. The number of nitrogens with one attached hydrogen (secondary N) is 1. The van der Waals surface area contributed by atoms with Crippen molar-refractivity contribution in [1.82, 2.24) is 14.8 Å². The number of halogens is 3. The highest BCUT2D eigenvalue weighted by Crippen LogP contribution is 2.39. The summed E-state index contributed by atoms with van der Waals surface area (Å²) in [7, 11) is 0. The van der Waals surface area contributed by atoms with Crippen molar-refractivity contribution in [1.29, 1.82) is 0 Å². The van der Waals surface area contributed by atoms with E-state index in [9.17, 15) is 9.59 Å². The van der Waals surface area contributed by atoms with Gasteiger partial charge in [0.1, 0.15) is 6.17 Å². The first-order valence-electron chi connectivity index (χ1n) is 8.59. The number of fused-ring (bicyclic) bond motifs is 4. The van der Waals surface area contributed by atoms with Crippen LogP contribution in [0.25, 0.3) is 0 Å². The van der Waals surface area contributed by atoms with Gasteiger partial charge in [0.05, 0.1) is 0 Å². The van der Waals surface area contributed by atoms with Gasteiger partial charge in [-0.3, -0.25) is 14.5 Å². The summed E-state index contributed by atoms with van der Waals surface area (Å²) >= 11 is 18.5. The number of pyridine rings is 1. The topological polar surface area (TPSA) is 54.3 Å². The van der Waals surface area contributed by atoms with Crippen molar-refractivity contribution < 1.29 is 4.79 Å². The Bertz CT molecular complexity index is 701. The molecule has 1 unspecified atom stereocenters. The smallest absolute Gasteiger partial charge is 0.250 e. The number of amides is 1.